The molecule has 4 nitrogen and oxygen atoms in total. The van der Waals surface area contributed by atoms with Crippen LogP contribution in [-0.4, -0.2) is 23.3 Å². The summed E-state index contributed by atoms with van der Waals surface area (Å²) in [6.07, 6.45) is 4.62. The van der Waals surface area contributed by atoms with Gasteiger partial charge in [0.2, 0.25) is 0 Å². The molecule has 0 aliphatic heterocycles. The lowest BCUT2D eigenvalue weighted by Gasteiger charge is -2.09. The normalized spacial score (nSPS) is 13.2. The van der Waals surface area contributed by atoms with Crippen LogP contribution in [0.15, 0.2) is 12.5 Å². The molecule has 1 atom stereocenters. The van der Waals surface area contributed by atoms with Crippen LogP contribution in [0.25, 0.3) is 0 Å². The molecule has 0 aromatic carbocycles. The largest absolute Gasteiger partial charge is 0.385 e. The molecule has 0 aliphatic carbocycles. The van der Waals surface area contributed by atoms with E-state index in [1.807, 2.05) is 19.4 Å². The van der Waals surface area contributed by atoms with Crippen LogP contribution in [0.5, 0.6) is 0 Å². The van der Waals surface area contributed by atoms with Crippen LogP contribution in [0.1, 0.15) is 25.1 Å². The standard InChI is InChI=1S/C9H17N3O/c1-8(10)9-6-11-7-12(9)4-3-5-13-2/h6-8H,3-5,10H2,1-2H3. The third-order valence-electron chi connectivity index (χ3n) is 1.96. The van der Waals surface area contributed by atoms with Crippen molar-refractivity contribution in [2.75, 3.05) is 13.7 Å². The Bertz CT molecular complexity index is 245. The van der Waals surface area contributed by atoms with E-state index in [4.69, 9.17) is 10.5 Å². The highest BCUT2D eigenvalue weighted by molar-refractivity contribution is 5.02. The fourth-order valence-corrected chi connectivity index (χ4v) is 1.28. The summed E-state index contributed by atoms with van der Waals surface area (Å²) in [5.41, 5.74) is 6.85. The van der Waals surface area contributed by atoms with E-state index in [0.717, 1.165) is 25.3 Å². The summed E-state index contributed by atoms with van der Waals surface area (Å²) in [5.74, 6) is 0. The fraction of sp³-hybridized carbons (Fsp3) is 0.667. The van der Waals surface area contributed by atoms with Crippen molar-refractivity contribution in [3.63, 3.8) is 0 Å². The highest BCUT2D eigenvalue weighted by atomic mass is 16.5. The molecule has 0 fully saturated rings. The number of rotatable bonds is 5. The first-order chi connectivity index (χ1) is 6.25. The van der Waals surface area contributed by atoms with Crippen molar-refractivity contribution in [3.8, 4) is 0 Å². The summed E-state index contributed by atoms with van der Waals surface area (Å²) in [7, 11) is 1.71. The van der Waals surface area contributed by atoms with Crippen molar-refractivity contribution in [2.45, 2.75) is 25.9 Å². The van der Waals surface area contributed by atoms with Gasteiger partial charge in [-0.2, -0.15) is 0 Å². The lowest BCUT2D eigenvalue weighted by atomic mass is 10.2. The van der Waals surface area contributed by atoms with E-state index >= 15 is 0 Å². The second-order valence-corrected chi connectivity index (χ2v) is 3.15. The zero-order valence-corrected chi connectivity index (χ0v) is 8.23. The van der Waals surface area contributed by atoms with Gasteiger partial charge in [-0.1, -0.05) is 0 Å². The highest BCUT2D eigenvalue weighted by Gasteiger charge is 2.05. The topological polar surface area (TPSA) is 53.1 Å². The molecule has 4 heteroatoms. The van der Waals surface area contributed by atoms with Gasteiger partial charge in [0.1, 0.15) is 0 Å². The Kier molecular flexibility index (Phi) is 3.92. The van der Waals surface area contributed by atoms with Gasteiger partial charge in [0, 0.05) is 32.5 Å². The van der Waals surface area contributed by atoms with Gasteiger partial charge in [0.25, 0.3) is 0 Å². The van der Waals surface area contributed by atoms with Crippen LogP contribution >= 0.6 is 0 Å². The minimum absolute atomic E-state index is 0.0463. The number of imidazole rings is 1. The predicted molar refractivity (Wildman–Crippen MR) is 51.3 cm³/mol. The van der Waals surface area contributed by atoms with Crippen LogP contribution in [-0.2, 0) is 11.3 Å². The van der Waals surface area contributed by atoms with E-state index in [0.29, 0.717) is 0 Å². The maximum Gasteiger partial charge on any atom is 0.0948 e. The second kappa shape index (κ2) is 4.99. The first-order valence-corrected chi connectivity index (χ1v) is 4.50. The Morgan fingerprint density at radius 2 is 2.46 bits per heavy atom. The molecule has 0 saturated carbocycles. The minimum atomic E-state index is 0.0463. The molecule has 1 aromatic heterocycles. The Balaban J connectivity index is 2.50. The molecule has 2 N–H and O–H groups in total. The quantitative estimate of drug-likeness (QED) is 0.691. The average molecular weight is 183 g/mol. The van der Waals surface area contributed by atoms with E-state index in [9.17, 15) is 0 Å². The van der Waals surface area contributed by atoms with E-state index in [1.165, 1.54) is 0 Å². The SMILES string of the molecule is COCCCn1cncc1C(C)N. The fourth-order valence-electron chi connectivity index (χ4n) is 1.28. The van der Waals surface area contributed by atoms with Crippen molar-refractivity contribution in [1.82, 2.24) is 9.55 Å². The van der Waals surface area contributed by atoms with Crippen molar-refractivity contribution < 1.29 is 4.74 Å². The molecular weight excluding hydrogens is 166 g/mol. The molecule has 0 aliphatic rings. The van der Waals surface area contributed by atoms with Gasteiger partial charge in [-0.05, 0) is 13.3 Å². The summed E-state index contributed by atoms with van der Waals surface area (Å²) in [6, 6.07) is 0.0463. The van der Waals surface area contributed by atoms with E-state index in [1.54, 1.807) is 7.11 Å². The van der Waals surface area contributed by atoms with Gasteiger partial charge in [0.05, 0.1) is 12.0 Å². The summed E-state index contributed by atoms with van der Waals surface area (Å²) < 4.78 is 7.05. The Morgan fingerprint density at radius 3 is 3.08 bits per heavy atom. The van der Waals surface area contributed by atoms with Gasteiger partial charge in [-0.3, -0.25) is 0 Å². The van der Waals surface area contributed by atoms with E-state index < -0.39 is 0 Å². The minimum Gasteiger partial charge on any atom is -0.385 e. The number of hydrogen-bond acceptors (Lipinski definition) is 3. The molecular formula is C9H17N3O. The summed E-state index contributed by atoms with van der Waals surface area (Å²) >= 11 is 0. The maximum atomic E-state index is 5.77. The molecule has 1 rings (SSSR count). The Morgan fingerprint density at radius 1 is 1.69 bits per heavy atom. The molecule has 0 saturated heterocycles. The molecule has 1 heterocycles. The molecule has 0 amide bonds. The summed E-state index contributed by atoms with van der Waals surface area (Å²) in [4.78, 5) is 4.06. The summed E-state index contributed by atoms with van der Waals surface area (Å²) in [6.45, 7) is 3.66. The highest BCUT2D eigenvalue weighted by Crippen LogP contribution is 2.08. The molecule has 1 unspecified atom stereocenters. The van der Waals surface area contributed by atoms with Gasteiger partial charge < -0.3 is 15.0 Å². The molecule has 13 heavy (non-hydrogen) atoms. The number of aryl methyl sites for hydroxylation is 1. The number of nitrogens with zero attached hydrogens (tertiary/aromatic N) is 2. The van der Waals surface area contributed by atoms with Crippen LogP contribution in [0.4, 0.5) is 0 Å². The first kappa shape index (κ1) is 10.2. The molecule has 0 radical (unpaired) electrons. The molecule has 0 spiro atoms. The van der Waals surface area contributed by atoms with Gasteiger partial charge in [-0.25, -0.2) is 4.98 Å². The zero-order valence-electron chi connectivity index (χ0n) is 8.23. The van der Waals surface area contributed by atoms with Crippen molar-refractivity contribution >= 4 is 0 Å². The monoisotopic (exact) mass is 183 g/mol. The number of methoxy groups -OCH3 is 1. The predicted octanol–water partition coefficient (Wildman–Crippen LogP) is 0.939. The number of hydrogen-bond donors (Lipinski definition) is 1. The van der Waals surface area contributed by atoms with Crippen LogP contribution in [0, 0.1) is 0 Å². The zero-order chi connectivity index (χ0) is 9.68. The third kappa shape index (κ3) is 2.82. The molecule has 1 aromatic rings. The number of nitrogens with two attached hydrogens (primary N) is 1. The lowest BCUT2D eigenvalue weighted by molar-refractivity contribution is 0.190. The second-order valence-electron chi connectivity index (χ2n) is 3.15. The average Bonchev–Trinajstić information content (AvgIpc) is 2.53. The van der Waals surface area contributed by atoms with E-state index in [2.05, 4.69) is 9.55 Å². The smallest absolute Gasteiger partial charge is 0.0948 e. The molecule has 0 bridgehead atoms. The maximum absolute atomic E-state index is 5.77. The lowest BCUT2D eigenvalue weighted by Crippen LogP contribution is -2.12. The Hall–Kier alpha value is -0.870. The van der Waals surface area contributed by atoms with Crippen LogP contribution in [0.2, 0.25) is 0 Å². The van der Waals surface area contributed by atoms with Crippen molar-refractivity contribution in [3.05, 3.63) is 18.2 Å². The molecule has 74 valence electrons. The van der Waals surface area contributed by atoms with E-state index in [-0.39, 0.29) is 6.04 Å². The number of aromatic nitrogens is 2. The Labute approximate surface area is 78.7 Å². The van der Waals surface area contributed by atoms with Crippen molar-refractivity contribution in [1.29, 1.82) is 0 Å². The number of ether oxygens (including phenoxy) is 1. The van der Waals surface area contributed by atoms with Crippen LogP contribution < -0.4 is 5.73 Å². The van der Waals surface area contributed by atoms with Gasteiger partial charge >= 0.3 is 0 Å². The van der Waals surface area contributed by atoms with Crippen molar-refractivity contribution in [2.24, 2.45) is 5.73 Å². The first-order valence-electron chi connectivity index (χ1n) is 4.50. The van der Waals surface area contributed by atoms with Gasteiger partial charge in [-0.15, -0.1) is 0 Å². The summed E-state index contributed by atoms with van der Waals surface area (Å²) in [5, 5.41) is 0. The van der Waals surface area contributed by atoms with Crippen LogP contribution in [0.3, 0.4) is 0 Å². The van der Waals surface area contributed by atoms with Gasteiger partial charge in [0.15, 0.2) is 0 Å². The third-order valence-corrected chi connectivity index (χ3v) is 1.96.